The Morgan fingerprint density at radius 2 is 1.57 bits per heavy atom. The molecule has 1 fully saturated rings. The summed E-state index contributed by atoms with van der Waals surface area (Å²) in [5.74, 6) is 1.97. The molecular formula is C24H22N2O2. The van der Waals surface area contributed by atoms with Crippen molar-refractivity contribution in [1.29, 1.82) is 0 Å². The molecule has 0 aromatic heterocycles. The Hall–Kier alpha value is -3.11. The van der Waals surface area contributed by atoms with Gasteiger partial charge in [-0.05, 0) is 47.5 Å². The Labute approximate surface area is 164 Å². The average molecular weight is 370 g/mol. The fraction of sp³-hybridized carbons (Fsp3) is 0.208. The van der Waals surface area contributed by atoms with Gasteiger partial charge in [0.2, 0.25) is 0 Å². The van der Waals surface area contributed by atoms with Crippen LogP contribution in [0.15, 0.2) is 78.9 Å². The van der Waals surface area contributed by atoms with Crippen LogP contribution in [0.25, 0.3) is 0 Å². The first kappa shape index (κ1) is 17.0. The third-order valence-electron chi connectivity index (χ3n) is 5.70. The second kappa shape index (κ2) is 7.13. The standard InChI is InChI=1S/C24H22N2O2/c27-24(17-10-12-20(13-11-17)28-19-7-2-1-3-8-19)26-15-22-21-9-5-4-6-18(21)14-25-23(22)16-26/h1-13,22-23,25H,14-16H2/t22-,23-/m0/s1. The fourth-order valence-electron chi connectivity index (χ4n) is 4.26. The molecule has 2 aliphatic rings. The number of nitrogens with one attached hydrogen (secondary N) is 1. The van der Waals surface area contributed by atoms with Crippen molar-refractivity contribution in [2.24, 2.45) is 0 Å². The second-order valence-electron chi connectivity index (χ2n) is 7.44. The first-order valence-corrected chi connectivity index (χ1v) is 9.71. The molecule has 0 radical (unpaired) electrons. The lowest BCUT2D eigenvalue weighted by atomic mass is 9.87. The van der Waals surface area contributed by atoms with Crippen molar-refractivity contribution >= 4 is 5.91 Å². The molecule has 0 unspecified atom stereocenters. The van der Waals surface area contributed by atoms with Crippen molar-refractivity contribution in [3.05, 3.63) is 95.6 Å². The number of para-hydroxylation sites is 1. The van der Waals surface area contributed by atoms with E-state index in [1.807, 2.05) is 59.5 Å². The molecule has 0 spiro atoms. The number of benzene rings is 3. The average Bonchev–Trinajstić information content (AvgIpc) is 3.19. The molecule has 2 heterocycles. The van der Waals surface area contributed by atoms with Crippen LogP contribution >= 0.6 is 0 Å². The number of hydrogen-bond donors (Lipinski definition) is 1. The molecule has 2 aliphatic heterocycles. The summed E-state index contributed by atoms with van der Waals surface area (Å²) in [5, 5.41) is 3.60. The molecule has 2 atom stereocenters. The minimum absolute atomic E-state index is 0.0833. The van der Waals surface area contributed by atoms with Crippen LogP contribution in [0.5, 0.6) is 11.5 Å². The number of nitrogens with zero attached hydrogens (tertiary/aromatic N) is 1. The summed E-state index contributed by atoms with van der Waals surface area (Å²) in [4.78, 5) is 15.0. The van der Waals surface area contributed by atoms with E-state index in [1.54, 1.807) is 0 Å². The normalized spacial score (nSPS) is 20.4. The van der Waals surface area contributed by atoms with Crippen molar-refractivity contribution in [2.45, 2.75) is 18.5 Å². The summed E-state index contributed by atoms with van der Waals surface area (Å²) in [5.41, 5.74) is 3.43. The highest BCUT2D eigenvalue weighted by molar-refractivity contribution is 5.94. The van der Waals surface area contributed by atoms with E-state index in [-0.39, 0.29) is 5.91 Å². The SMILES string of the molecule is O=C(c1ccc(Oc2ccccc2)cc1)N1C[C@@H]2NCc3ccccc3[C@@H]2C1. The quantitative estimate of drug-likeness (QED) is 0.752. The minimum atomic E-state index is 0.0833. The largest absolute Gasteiger partial charge is 0.457 e. The summed E-state index contributed by atoms with van der Waals surface area (Å²) in [6, 6.07) is 26.0. The summed E-state index contributed by atoms with van der Waals surface area (Å²) in [6.07, 6.45) is 0. The van der Waals surface area contributed by atoms with Crippen molar-refractivity contribution < 1.29 is 9.53 Å². The first-order chi connectivity index (χ1) is 13.8. The highest BCUT2D eigenvalue weighted by Gasteiger charge is 2.39. The molecule has 4 nitrogen and oxygen atoms in total. The van der Waals surface area contributed by atoms with Gasteiger partial charge in [-0.3, -0.25) is 4.79 Å². The van der Waals surface area contributed by atoms with Gasteiger partial charge < -0.3 is 15.0 Å². The number of hydrogen-bond acceptors (Lipinski definition) is 3. The summed E-state index contributed by atoms with van der Waals surface area (Å²) in [6.45, 7) is 2.39. The van der Waals surface area contributed by atoms with Gasteiger partial charge in [-0.1, -0.05) is 42.5 Å². The van der Waals surface area contributed by atoms with E-state index in [4.69, 9.17) is 4.74 Å². The van der Waals surface area contributed by atoms with Crippen LogP contribution in [-0.4, -0.2) is 29.9 Å². The number of amides is 1. The fourth-order valence-corrected chi connectivity index (χ4v) is 4.26. The van der Waals surface area contributed by atoms with Gasteiger partial charge in [0.15, 0.2) is 0 Å². The van der Waals surface area contributed by atoms with Gasteiger partial charge in [0.25, 0.3) is 5.91 Å². The number of carbonyl (C=O) groups excluding carboxylic acids is 1. The highest BCUT2D eigenvalue weighted by Crippen LogP contribution is 2.34. The van der Waals surface area contributed by atoms with Crippen LogP contribution in [0, 0.1) is 0 Å². The van der Waals surface area contributed by atoms with E-state index in [2.05, 4.69) is 29.6 Å². The van der Waals surface area contributed by atoms with E-state index in [0.717, 1.165) is 31.1 Å². The molecule has 0 bridgehead atoms. The zero-order valence-corrected chi connectivity index (χ0v) is 15.5. The van der Waals surface area contributed by atoms with Gasteiger partial charge in [-0.15, -0.1) is 0 Å². The Morgan fingerprint density at radius 3 is 2.39 bits per heavy atom. The molecule has 3 aromatic rings. The number of ether oxygens (including phenoxy) is 1. The molecule has 1 N–H and O–H groups in total. The zero-order chi connectivity index (χ0) is 18.9. The molecule has 5 rings (SSSR count). The van der Waals surface area contributed by atoms with Crippen molar-refractivity contribution in [3.63, 3.8) is 0 Å². The zero-order valence-electron chi connectivity index (χ0n) is 15.5. The van der Waals surface area contributed by atoms with Crippen molar-refractivity contribution in [1.82, 2.24) is 10.2 Å². The predicted octanol–water partition coefficient (Wildman–Crippen LogP) is 4.19. The van der Waals surface area contributed by atoms with Crippen LogP contribution in [0.2, 0.25) is 0 Å². The number of fused-ring (bicyclic) bond motifs is 3. The van der Waals surface area contributed by atoms with Crippen LogP contribution in [0.1, 0.15) is 27.4 Å². The third kappa shape index (κ3) is 3.16. The molecule has 28 heavy (non-hydrogen) atoms. The monoisotopic (exact) mass is 370 g/mol. The second-order valence-corrected chi connectivity index (χ2v) is 7.44. The van der Waals surface area contributed by atoms with Gasteiger partial charge in [-0.25, -0.2) is 0 Å². The van der Waals surface area contributed by atoms with E-state index in [1.165, 1.54) is 11.1 Å². The maximum Gasteiger partial charge on any atom is 0.253 e. The van der Waals surface area contributed by atoms with E-state index < -0.39 is 0 Å². The smallest absolute Gasteiger partial charge is 0.253 e. The third-order valence-corrected chi connectivity index (χ3v) is 5.70. The molecule has 3 aromatic carbocycles. The Kier molecular flexibility index (Phi) is 4.34. The van der Waals surface area contributed by atoms with Gasteiger partial charge in [0.1, 0.15) is 11.5 Å². The molecule has 4 heteroatoms. The number of rotatable bonds is 3. The number of likely N-dealkylation sites (tertiary alicyclic amines) is 1. The summed E-state index contributed by atoms with van der Waals surface area (Å²) >= 11 is 0. The first-order valence-electron chi connectivity index (χ1n) is 9.71. The van der Waals surface area contributed by atoms with Crippen LogP contribution < -0.4 is 10.1 Å². The summed E-state index contributed by atoms with van der Waals surface area (Å²) in [7, 11) is 0. The molecule has 1 saturated heterocycles. The highest BCUT2D eigenvalue weighted by atomic mass is 16.5. The minimum Gasteiger partial charge on any atom is -0.457 e. The van der Waals surface area contributed by atoms with Crippen LogP contribution in [0.3, 0.4) is 0 Å². The van der Waals surface area contributed by atoms with E-state index >= 15 is 0 Å². The van der Waals surface area contributed by atoms with Gasteiger partial charge in [-0.2, -0.15) is 0 Å². The van der Waals surface area contributed by atoms with E-state index in [0.29, 0.717) is 17.5 Å². The summed E-state index contributed by atoms with van der Waals surface area (Å²) < 4.78 is 5.82. The van der Waals surface area contributed by atoms with Gasteiger partial charge in [0, 0.05) is 37.2 Å². The van der Waals surface area contributed by atoms with Crippen molar-refractivity contribution in [2.75, 3.05) is 13.1 Å². The lowest BCUT2D eigenvalue weighted by Crippen LogP contribution is -2.39. The molecule has 1 amide bonds. The molecular weight excluding hydrogens is 348 g/mol. The van der Waals surface area contributed by atoms with Crippen molar-refractivity contribution in [3.8, 4) is 11.5 Å². The maximum atomic E-state index is 13.0. The lowest BCUT2D eigenvalue weighted by molar-refractivity contribution is 0.0788. The Morgan fingerprint density at radius 1 is 0.857 bits per heavy atom. The lowest BCUT2D eigenvalue weighted by Gasteiger charge is -2.28. The van der Waals surface area contributed by atoms with E-state index in [9.17, 15) is 4.79 Å². The topological polar surface area (TPSA) is 41.6 Å². The molecule has 0 saturated carbocycles. The van der Waals surface area contributed by atoms with Crippen LogP contribution in [-0.2, 0) is 6.54 Å². The Balaban J connectivity index is 1.30. The maximum absolute atomic E-state index is 13.0. The Bertz CT molecular complexity index is 985. The van der Waals surface area contributed by atoms with Crippen LogP contribution in [0.4, 0.5) is 0 Å². The molecule has 140 valence electrons. The predicted molar refractivity (Wildman–Crippen MR) is 109 cm³/mol. The van der Waals surface area contributed by atoms with Gasteiger partial charge in [0.05, 0.1) is 0 Å². The number of carbonyl (C=O) groups is 1. The molecule has 0 aliphatic carbocycles. The van der Waals surface area contributed by atoms with Gasteiger partial charge >= 0.3 is 0 Å².